The Bertz CT molecular complexity index is 2760. The molecule has 0 amide bonds. The Morgan fingerprint density at radius 3 is 1.71 bits per heavy atom. The summed E-state index contributed by atoms with van der Waals surface area (Å²) in [7, 11) is 0. The third kappa shape index (κ3) is 4.38. The summed E-state index contributed by atoms with van der Waals surface area (Å²) in [6.07, 6.45) is 0. The van der Waals surface area contributed by atoms with E-state index in [0.717, 1.165) is 64.8 Å². The Balaban J connectivity index is 1.29. The number of fused-ring (bicyclic) bond motifs is 6. The molecule has 5 nitrogen and oxygen atoms in total. The van der Waals surface area contributed by atoms with Gasteiger partial charge in [0.05, 0.1) is 5.56 Å². The number of benzene rings is 7. The van der Waals surface area contributed by atoms with E-state index in [1.807, 2.05) is 30.3 Å². The van der Waals surface area contributed by atoms with Crippen LogP contribution in [0.5, 0.6) is 0 Å². The molecule has 0 unspecified atom stereocenters. The topological polar surface area (TPSA) is 64.7 Å². The first-order valence-corrected chi connectivity index (χ1v) is 16.6. The zero-order chi connectivity index (χ0) is 31.6. The molecule has 10 aromatic rings. The van der Waals surface area contributed by atoms with Crippen molar-refractivity contribution in [3.8, 4) is 45.6 Å². The van der Waals surface area contributed by atoms with Crippen LogP contribution in [0.1, 0.15) is 0 Å². The summed E-state index contributed by atoms with van der Waals surface area (Å²) in [5.41, 5.74) is 5.03. The molecule has 3 aromatic heterocycles. The van der Waals surface area contributed by atoms with Crippen molar-refractivity contribution in [2.75, 3.05) is 0 Å². The molecule has 0 N–H and O–H groups in total. The Hall–Kier alpha value is -6.24. The number of hydrogen-bond donors (Lipinski definition) is 0. The van der Waals surface area contributed by atoms with Crippen molar-refractivity contribution in [2.24, 2.45) is 0 Å². The number of oxazole rings is 1. The molecule has 0 spiro atoms. The lowest BCUT2D eigenvalue weighted by atomic mass is 10.0. The molecule has 3 heterocycles. The van der Waals surface area contributed by atoms with Crippen LogP contribution >= 0.6 is 11.3 Å². The third-order valence-electron chi connectivity index (χ3n) is 8.92. The Kier molecular flexibility index (Phi) is 5.98. The van der Waals surface area contributed by atoms with E-state index in [1.165, 1.54) is 4.70 Å². The average molecular weight is 633 g/mol. The molecule has 0 aliphatic carbocycles. The first-order chi connectivity index (χ1) is 23.7. The zero-order valence-corrected chi connectivity index (χ0v) is 26.3. The molecular weight excluding hydrogens is 609 g/mol. The first kappa shape index (κ1) is 26.9. The molecule has 0 saturated carbocycles. The lowest BCUT2D eigenvalue weighted by molar-refractivity contribution is 0.620. The van der Waals surface area contributed by atoms with Crippen LogP contribution in [-0.4, -0.2) is 19.9 Å². The third-order valence-corrected chi connectivity index (χ3v) is 10.1. The Morgan fingerprint density at radius 2 is 1.02 bits per heavy atom. The van der Waals surface area contributed by atoms with Crippen molar-refractivity contribution < 1.29 is 4.42 Å². The van der Waals surface area contributed by atoms with E-state index in [0.29, 0.717) is 28.9 Å². The maximum atomic E-state index is 6.49. The van der Waals surface area contributed by atoms with E-state index < -0.39 is 0 Å². The summed E-state index contributed by atoms with van der Waals surface area (Å²) in [6, 6.07) is 50.0. The van der Waals surface area contributed by atoms with Gasteiger partial charge >= 0.3 is 0 Å². The number of rotatable bonds is 4. The highest BCUT2D eigenvalue weighted by molar-refractivity contribution is 7.26. The number of hydrogen-bond acceptors (Lipinski definition) is 6. The van der Waals surface area contributed by atoms with Gasteiger partial charge < -0.3 is 4.42 Å². The SMILES string of the molecule is c1ccc(-c2nc3c(-c4nc(-c5ccc6ccccc6c5)nc(-c5ccc6ccccc6c5)n4)c4sc5ccccc5c4cc3o2)cc1. The standard InChI is InChI=1S/C42H24N4OS/c1-2-12-27(13-3-1)42-43-37-34(47-42)24-33-32-16-8-9-17-35(32)48-38(33)36(37)41-45-39(30-20-18-25-10-4-6-14-28(25)22-30)44-40(46-41)31-21-19-26-11-5-7-15-29(26)23-31/h1-24H. The lowest BCUT2D eigenvalue weighted by Gasteiger charge is -2.10. The van der Waals surface area contributed by atoms with E-state index in [-0.39, 0.29) is 0 Å². The fourth-order valence-corrected chi connectivity index (χ4v) is 7.78. The van der Waals surface area contributed by atoms with Crippen molar-refractivity contribution in [1.29, 1.82) is 0 Å². The van der Waals surface area contributed by atoms with Gasteiger partial charge in [0.1, 0.15) is 5.52 Å². The lowest BCUT2D eigenvalue weighted by Crippen LogP contribution is -2.01. The number of thiophene rings is 1. The van der Waals surface area contributed by atoms with E-state index in [1.54, 1.807) is 11.3 Å². The molecule has 0 aliphatic rings. The van der Waals surface area contributed by atoms with E-state index in [2.05, 4.69) is 115 Å². The predicted molar refractivity (Wildman–Crippen MR) is 197 cm³/mol. The molecule has 0 radical (unpaired) electrons. The molecule has 224 valence electrons. The molecule has 7 aromatic carbocycles. The second-order valence-electron chi connectivity index (χ2n) is 11.9. The van der Waals surface area contributed by atoms with Gasteiger partial charge in [0.2, 0.25) is 5.89 Å². The fourth-order valence-electron chi connectivity index (χ4n) is 6.56. The highest BCUT2D eigenvalue weighted by Gasteiger charge is 2.23. The summed E-state index contributed by atoms with van der Waals surface area (Å²) < 4.78 is 8.74. The van der Waals surface area contributed by atoms with Gasteiger partial charge in [0.25, 0.3) is 0 Å². The van der Waals surface area contributed by atoms with Crippen molar-refractivity contribution >= 4 is 64.2 Å². The largest absolute Gasteiger partial charge is 0.436 e. The van der Waals surface area contributed by atoms with Crippen molar-refractivity contribution in [3.05, 3.63) is 146 Å². The second kappa shape index (κ2) is 10.7. The molecular formula is C42H24N4OS. The quantitative estimate of drug-likeness (QED) is 0.193. The van der Waals surface area contributed by atoms with Gasteiger partial charge in [-0.1, -0.05) is 109 Å². The van der Waals surface area contributed by atoms with Crippen molar-refractivity contribution in [1.82, 2.24) is 19.9 Å². The van der Waals surface area contributed by atoms with Gasteiger partial charge in [-0.25, -0.2) is 19.9 Å². The molecule has 0 aliphatic heterocycles. The second-order valence-corrected chi connectivity index (χ2v) is 12.9. The summed E-state index contributed by atoms with van der Waals surface area (Å²) in [4.78, 5) is 20.7. The van der Waals surface area contributed by atoms with Gasteiger partial charge in [-0.15, -0.1) is 11.3 Å². The van der Waals surface area contributed by atoms with Crippen LogP contribution in [0, 0.1) is 0 Å². The Labute approximate surface area is 278 Å². The van der Waals surface area contributed by atoms with Gasteiger partial charge in [0, 0.05) is 36.9 Å². The summed E-state index contributed by atoms with van der Waals surface area (Å²) in [5.74, 6) is 2.33. The minimum absolute atomic E-state index is 0.561. The molecule has 0 atom stereocenters. The van der Waals surface area contributed by atoms with E-state index in [4.69, 9.17) is 24.4 Å². The summed E-state index contributed by atoms with van der Waals surface area (Å²) in [5, 5.41) is 6.84. The molecule has 48 heavy (non-hydrogen) atoms. The molecule has 0 saturated heterocycles. The Morgan fingerprint density at radius 1 is 0.438 bits per heavy atom. The molecule has 6 heteroatoms. The normalized spacial score (nSPS) is 11.8. The van der Waals surface area contributed by atoms with E-state index >= 15 is 0 Å². The minimum atomic E-state index is 0.561. The van der Waals surface area contributed by atoms with Crippen LogP contribution in [0.15, 0.2) is 150 Å². The fraction of sp³-hybridized carbons (Fsp3) is 0. The minimum Gasteiger partial charge on any atom is -0.436 e. The number of aromatic nitrogens is 4. The monoisotopic (exact) mass is 632 g/mol. The van der Waals surface area contributed by atoms with Crippen molar-refractivity contribution in [3.63, 3.8) is 0 Å². The zero-order valence-electron chi connectivity index (χ0n) is 25.5. The highest BCUT2D eigenvalue weighted by Crippen LogP contribution is 2.44. The van der Waals surface area contributed by atoms with Crippen LogP contribution in [0.25, 0.3) is 98.4 Å². The first-order valence-electron chi connectivity index (χ1n) is 15.8. The van der Waals surface area contributed by atoms with Crippen LogP contribution in [0.3, 0.4) is 0 Å². The molecule has 0 fully saturated rings. The number of nitrogens with zero attached hydrogens (tertiary/aromatic N) is 4. The highest BCUT2D eigenvalue weighted by atomic mass is 32.1. The predicted octanol–water partition coefficient (Wildman–Crippen LogP) is 11.4. The van der Waals surface area contributed by atoms with Gasteiger partial charge in [-0.2, -0.15) is 0 Å². The van der Waals surface area contributed by atoms with Gasteiger partial charge in [-0.05, 0) is 57.9 Å². The maximum absolute atomic E-state index is 6.49. The van der Waals surface area contributed by atoms with Crippen molar-refractivity contribution in [2.45, 2.75) is 0 Å². The maximum Gasteiger partial charge on any atom is 0.227 e. The summed E-state index contributed by atoms with van der Waals surface area (Å²) in [6.45, 7) is 0. The van der Waals surface area contributed by atoms with E-state index in [9.17, 15) is 0 Å². The summed E-state index contributed by atoms with van der Waals surface area (Å²) >= 11 is 1.73. The van der Waals surface area contributed by atoms with Crippen LogP contribution < -0.4 is 0 Å². The average Bonchev–Trinajstić information content (AvgIpc) is 3.75. The smallest absolute Gasteiger partial charge is 0.227 e. The van der Waals surface area contributed by atoms with Crippen LogP contribution in [0.4, 0.5) is 0 Å². The molecule has 10 rings (SSSR count). The molecule has 0 bridgehead atoms. The van der Waals surface area contributed by atoms with Gasteiger partial charge in [-0.3, -0.25) is 0 Å². The van der Waals surface area contributed by atoms with Gasteiger partial charge in [0.15, 0.2) is 23.1 Å². The van der Waals surface area contributed by atoms with Crippen LogP contribution in [0.2, 0.25) is 0 Å². The van der Waals surface area contributed by atoms with Crippen LogP contribution in [-0.2, 0) is 0 Å².